The smallest absolute Gasteiger partial charge is 0.170 e. The van der Waals surface area contributed by atoms with E-state index in [9.17, 15) is 9.60 Å². The predicted molar refractivity (Wildman–Crippen MR) is 133 cm³/mol. The van der Waals surface area contributed by atoms with Gasteiger partial charge < -0.3 is 15.7 Å². The van der Waals surface area contributed by atoms with E-state index < -0.39 is 0 Å². The predicted octanol–water partition coefficient (Wildman–Crippen LogP) is 6.23. The topological polar surface area (TPSA) is 80.7 Å². The lowest BCUT2D eigenvalue weighted by Crippen LogP contribution is -2.24. The lowest BCUT2D eigenvalue weighted by Gasteiger charge is -2.33. The van der Waals surface area contributed by atoms with Gasteiger partial charge in [-0.05, 0) is 59.0 Å². The van der Waals surface area contributed by atoms with Gasteiger partial charge in [0, 0.05) is 16.9 Å². The second-order valence-electron chi connectivity index (χ2n) is 9.37. The van der Waals surface area contributed by atoms with Gasteiger partial charge >= 0.3 is 0 Å². The molecule has 4 rings (SSSR count). The lowest BCUT2D eigenvalue weighted by molar-refractivity contribution is 0.300. The van der Waals surface area contributed by atoms with Gasteiger partial charge in [-0.15, -0.1) is 0 Å². The molecular weight excluding hydrogens is 429 g/mol. The molecule has 0 aliphatic rings. The van der Waals surface area contributed by atoms with Crippen LogP contribution < -0.4 is 10.5 Å². The van der Waals surface area contributed by atoms with E-state index >= 15 is 0 Å². The molecule has 3 aromatic carbocycles. The van der Waals surface area contributed by atoms with E-state index in [4.69, 9.17) is 10.5 Å². The molecular formula is C28H28FN3O2. The van der Waals surface area contributed by atoms with Crippen LogP contribution >= 0.6 is 0 Å². The van der Waals surface area contributed by atoms with Gasteiger partial charge in [0.15, 0.2) is 5.84 Å². The molecule has 1 aromatic heterocycles. The van der Waals surface area contributed by atoms with Crippen molar-refractivity contribution in [1.82, 2.24) is 4.98 Å². The fraction of sp³-hybridized carbons (Fsp3) is 0.214. The minimum atomic E-state index is -0.288. The summed E-state index contributed by atoms with van der Waals surface area (Å²) in [6.07, 6.45) is 0. The van der Waals surface area contributed by atoms with Gasteiger partial charge in [0.1, 0.15) is 18.2 Å². The van der Waals surface area contributed by atoms with Crippen molar-refractivity contribution in [2.24, 2.45) is 16.3 Å². The summed E-state index contributed by atoms with van der Waals surface area (Å²) in [6, 6.07) is 23.9. The average Bonchev–Trinajstić information content (AvgIpc) is 2.82. The Morgan fingerprint density at radius 3 is 2.50 bits per heavy atom. The maximum Gasteiger partial charge on any atom is 0.170 e. The molecule has 6 heteroatoms. The Kier molecular flexibility index (Phi) is 6.50. The number of pyridine rings is 1. The zero-order chi connectivity index (χ0) is 24.3. The van der Waals surface area contributed by atoms with Gasteiger partial charge in [-0.2, -0.15) is 0 Å². The number of hydrogen-bond donors (Lipinski definition) is 2. The summed E-state index contributed by atoms with van der Waals surface area (Å²) in [6.45, 7) is 6.74. The molecule has 0 amide bonds. The molecule has 0 aliphatic carbocycles. The highest BCUT2D eigenvalue weighted by Crippen LogP contribution is 2.43. The molecule has 34 heavy (non-hydrogen) atoms. The number of ether oxygens (including phenoxy) is 1. The molecule has 5 nitrogen and oxygen atoms in total. The molecule has 0 radical (unpaired) electrons. The lowest BCUT2D eigenvalue weighted by atomic mass is 9.71. The van der Waals surface area contributed by atoms with Crippen LogP contribution in [0.5, 0.6) is 5.75 Å². The van der Waals surface area contributed by atoms with Crippen LogP contribution in [0.4, 0.5) is 4.39 Å². The Labute approximate surface area is 198 Å². The quantitative estimate of drug-likeness (QED) is 0.156. The first-order chi connectivity index (χ1) is 16.3. The molecule has 4 aromatic rings. The number of hydrogen-bond acceptors (Lipinski definition) is 4. The molecule has 0 spiro atoms. The van der Waals surface area contributed by atoms with Crippen LogP contribution in [0.25, 0.3) is 10.9 Å². The van der Waals surface area contributed by atoms with Crippen LogP contribution in [0.2, 0.25) is 0 Å². The Balaban J connectivity index is 1.70. The fourth-order valence-electron chi connectivity index (χ4n) is 4.32. The summed E-state index contributed by atoms with van der Waals surface area (Å²) in [5.74, 6) is 0.385. The van der Waals surface area contributed by atoms with Crippen LogP contribution in [0, 0.1) is 11.2 Å². The Bertz CT molecular complexity index is 1330. The number of amidine groups is 1. The minimum absolute atomic E-state index is 0.0266. The van der Waals surface area contributed by atoms with Gasteiger partial charge in [-0.3, -0.25) is 0 Å². The van der Waals surface area contributed by atoms with Crippen LogP contribution in [0.1, 0.15) is 49.1 Å². The van der Waals surface area contributed by atoms with Crippen molar-refractivity contribution in [2.45, 2.75) is 33.3 Å². The number of halogens is 1. The highest BCUT2D eigenvalue weighted by atomic mass is 19.1. The summed E-state index contributed by atoms with van der Waals surface area (Å²) in [5, 5.41) is 13.4. The SMILES string of the molecule is CC(C)(C)C(c1ccccc1)c1cc(OCc2ccc3cc(F)ccc3n2)ccc1C(N)=NO. The number of fused-ring (bicyclic) bond motifs is 1. The second kappa shape index (κ2) is 9.51. The van der Waals surface area contributed by atoms with Crippen molar-refractivity contribution < 1.29 is 14.3 Å². The first-order valence-corrected chi connectivity index (χ1v) is 11.1. The highest BCUT2D eigenvalue weighted by molar-refractivity contribution is 5.99. The zero-order valence-electron chi connectivity index (χ0n) is 19.5. The van der Waals surface area contributed by atoms with Crippen molar-refractivity contribution in [1.29, 1.82) is 0 Å². The van der Waals surface area contributed by atoms with Crippen molar-refractivity contribution in [3.05, 3.63) is 107 Å². The monoisotopic (exact) mass is 457 g/mol. The maximum atomic E-state index is 13.4. The van der Waals surface area contributed by atoms with E-state index in [0.717, 1.165) is 22.2 Å². The van der Waals surface area contributed by atoms with Crippen LogP contribution in [0.15, 0.2) is 84.0 Å². The maximum absolute atomic E-state index is 13.4. The number of oxime groups is 1. The third-order valence-corrected chi connectivity index (χ3v) is 5.81. The van der Waals surface area contributed by atoms with Gasteiger partial charge in [0.25, 0.3) is 0 Å². The van der Waals surface area contributed by atoms with Crippen LogP contribution in [0.3, 0.4) is 0 Å². The molecule has 3 N–H and O–H groups in total. The average molecular weight is 458 g/mol. The van der Waals surface area contributed by atoms with Crippen LogP contribution in [-0.2, 0) is 6.61 Å². The third kappa shape index (κ3) is 5.01. The number of nitrogens with zero attached hydrogens (tertiary/aromatic N) is 2. The van der Waals surface area contributed by atoms with Crippen molar-refractivity contribution >= 4 is 16.7 Å². The van der Waals surface area contributed by atoms with E-state index in [2.05, 4.69) is 43.0 Å². The summed E-state index contributed by atoms with van der Waals surface area (Å²) < 4.78 is 19.5. The van der Waals surface area contributed by atoms with E-state index in [1.54, 1.807) is 12.1 Å². The van der Waals surface area contributed by atoms with Gasteiger partial charge in [0.2, 0.25) is 0 Å². The number of aromatic nitrogens is 1. The summed E-state index contributed by atoms with van der Waals surface area (Å²) >= 11 is 0. The Hall–Kier alpha value is -3.93. The highest BCUT2D eigenvalue weighted by Gasteiger charge is 2.31. The molecule has 174 valence electrons. The number of rotatable bonds is 6. The Morgan fingerprint density at radius 2 is 1.79 bits per heavy atom. The largest absolute Gasteiger partial charge is 0.487 e. The molecule has 1 atom stereocenters. The van der Waals surface area contributed by atoms with E-state index in [1.165, 1.54) is 12.1 Å². The van der Waals surface area contributed by atoms with Crippen molar-refractivity contribution in [3.8, 4) is 5.75 Å². The normalized spacial score (nSPS) is 13.1. The third-order valence-electron chi connectivity index (χ3n) is 5.81. The van der Waals surface area contributed by atoms with Gasteiger partial charge in [-0.1, -0.05) is 62.3 Å². The van der Waals surface area contributed by atoms with E-state index in [0.29, 0.717) is 16.8 Å². The van der Waals surface area contributed by atoms with E-state index in [-0.39, 0.29) is 29.6 Å². The minimum Gasteiger partial charge on any atom is -0.487 e. The molecule has 0 saturated heterocycles. The van der Waals surface area contributed by atoms with Gasteiger partial charge in [-0.25, -0.2) is 9.37 Å². The fourth-order valence-corrected chi connectivity index (χ4v) is 4.32. The first kappa shape index (κ1) is 23.2. The zero-order valence-corrected chi connectivity index (χ0v) is 19.5. The molecule has 1 unspecified atom stereocenters. The first-order valence-electron chi connectivity index (χ1n) is 11.1. The molecule has 0 bridgehead atoms. The summed E-state index contributed by atoms with van der Waals surface area (Å²) in [7, 11) is 0. The van der Waals surface area contributed by atoms with Crippen molar-refractivity contribution in [2.75, 3.05) is 0 Å². The summed E-state index contributed by atoms with van der Waals surface area (Å²) in [5.41, 5.74) is 10.0. The van der Waals surface area contributed by atoms with Gasteiger partial charge in [0.05, 0.1) is 11.2 Å². The molecule has 0 saturated carbocycles. The standard InChI is InChI=1S/C28H28FN3O2/c1-28(2,3)26(18-7-5-4-6-8-18)24-16-22(12-13-23(24)27(30)32-33)34-17-21-11-9-19-15-20(29)10-14-25(19)31-21/h4-16,26,33H,17H2,1-3H3,(H2,30,32). The Morgan fingerprint density at radius 1 is 1.03 bits per heavy atom. The second-order valence-corrected chi connectivity index (χ2v) is 9.37. The van der Waals surface area contributed by atoms with Crippen molar-refractivity contribution in [3.63, 3.8) is 0 Å². The van der Waals surface area contributed by atoms with E-state index in [1.807, 2.05) is 42.5 Å². The summed E-state index contributed by atoms with van der Waals surface area (Å²) in [4.78, 5) is 4.57. The molecule has 1 heterocycles. The molecule has 0 aliphatic heterocycles. The van der Waals surface area contributed by atoms with Crippen LogP contribution in [-0.4, -0.2) is 16.0 Å². The number of benzene rings is 3. The molecule has 0 fully saturated rings. The number of nitrogens with two attached hydrogens (primary N) is 1.